The SMILES string of the molecule is O=C(NC1CCCCC1)[C@H]1Cc2cc(C(F)(F)F)ccc2N2CCN(c3ccccc3F)C[C@H]12. The van der Waals surface area contributed by atoms with Crippen LogP contribution in [0.4, 0.5) is 28.9 Å². The van der Waals surface area contributed by atoms with Gasteiger partial charge in [0.05, 0.1) is 23.2 Å². The fourth-order valence-corrected chi connectivity index (χ4v) is 5.78. The van der Waals surface area contributed by atoms with Crippen LogP contribution >= 0.6 is 0 Å². The normalized spacial score (nSPS) is 23.3. The lowest BCUT2D eigenvalue weighted by Crippen LogP contribution is -2.62. The van der Waals surface area contributed by atoms with E-state index in [1.807, 2.05) is 4.90 Å². The topological polar surface area (TPSA) is 35.6 Å². The number of amides is 1. The zero-order valence-corrected chi connectivity index (χ0v) is 19.0. The molecule has 8 heteroatoms. The van der Waals surface area contributed by atoms with E-state index in [1.165, 1.54) is 18.2 Å². The quantitative estimate of drug-likeness (QED) is 0.623. The number of hydrogen-bond acceptors (Lipinski definition) is 3. The lowest BCUT2D eigenvalue weighted by molar-refractivity contribution is -0.137. The smallest absolute Gasteiger partial charge is 0.365 e. The van der Waals surface area contributed by atoms with E-state index in [-0.39, 0.29) is 30.2 Å². The minimum absolute atomic E-state index is 0.111. The highest BCUT2D eigenvalue weighted by molar-refractivity contribution is 5.82. The van der Waals surface area contributed by atoms with Gasteiger partial charge in [-0.1, -0.05) is 31.4 Å². The number of alkyl halides is 3. The minimum Gasteiger partial charge on any atom is -0.365 e. The van der Waals surface area contributed by atoms with Crippen LogP contribution in [0.5, 0.6) is 0 Å². The molecule has 5 rings (SSSR count). The highest BCUT2D eigenvalue weighted by atomic mass is 19.4. The number of rotatable bonds is 3. The van der Waals surface area contributed by atoms with Crippen molar-refractivity contribution in [2.24, 2.45) is 5.92 Å². The van der Waals surface area contributed by atoms with Crippen LogP contribution in [-0.2, 0) is 17.4 Å². The Morgan fingerprint density at radius 3 is 2.47 bits per heavy atom. The summed E-state index contributed by atoms with van der Waals surface area (Å²) in [4.78, 5) is 17.5. The maximum atomic E-state index is 14.5. The van der Waals surface area contributed by atoms with Gasteiger partial charge >= 0.3 is 6.18 Å². The summed E-state index contributed by atoms with van der Waals surface area (Å²) in [5.41, 5.74) is 1.09. The maximum Gasteiger partial charge on any atom is 0.416 e. The Balaban J connectivity index is 1.46. The summed E-state index contributed by atoms with van der Waals surface area (Å²) >= 11 is 0. The van der Waals surface area contributed by atoms with Crippen LogP contribution in [0, 0.1) is 11.7 Å². The van der Waals surface area contributed by atoms with E-state index in [2.05, 4.69) is 10.2 Å². The Bertz CT molecular complexity index is 1050. The molecule has 182 valence electrons. The lowest BCUT2D eigenvalue weighted by atomic mass is 9.82. The predicted molar refractivity (Wildman–Crippen MR) is 123 cm³/mol. The van der Waals surface area contributed by atoms with Crippen LogP contribution in [0.25, 0.3) is 0 Å². The number of benzene rings is 2. The predicted octanol–water partition coefficient (Wildman–Crippen LogP) is 5.16. The van der Waals surface area contributed by atoms with Crippen LogP contribution in [0.15, 0.2) is 42.5 Å². The highest BCUT2D eigenvalue weighted by Crippen LogP contribution is 2.40. The first kappa shape index (κ1) is 23.0. The number of fused-ring (bicyclic) bond motifs is 3. The van der Waals surface area contributed by atoms with Crippen molar-refractivity contribution < 1.29 is 22.4 Å². The monoisotopic (exact) mass is 475 g/mol. The molecule has 2 aromatic rings. The van der Waals surface area contributed by atoms with Gasteiger partial charge in [-0.2, -0.15) is 13.2 Å². The van der Waals surface area contributed by atoms with Gasteiger partial charge in [0.25, 0.3) is 0 Å². The Morgan fingerprint density at radius 2 is 1.74 bits per heavy atom. The van der Waals surface area contributed by atoms with Gasteiger partial charge in [0, 0.05) is 31.4 Å². The molecule has 0 aromatic heterocycles. The fraction of sp³-hybridized carbons (Fsp3) is 0.500. The summed E-state index contributed by atoms with van der Waals surface area (Å²) < 4.78 is 54.7. The number of nitrogens with zero attached hydrogens (tertiary/aromatic N) is 2. The van der Waals surface area contributed by atoms with Crippen LogP contribution in [0.3, 0.4) is 0 Å². The van der Waals surface area contributed by atoms with Crippen molar-refractivity contribution in [3.63, 3.8) is 0 Å². The van der Waals surface area contributed by atoms with Crippen molar-refractivity contribution >= 4 is 17.3 Å². The van der Waals surface area contributed by atoms with Crippen molar-refractivity contribution in [2.75, 3.05) is 29.4 Å². The van der Waals surface area contributed by atoms with E-state index in [4.69, 9.17) is 0 Å². The molecule has 0 unspecified atom stereocenters. The molecule has 0 spiro atoms. The van der Waals surface area contributed by atoms with Gasteiger partial charge in [0.15, 0.2) is 0 Å². The first-order valence-electron chi connectivity index (χ1n) is 12.1. The average Bonchev–Trinajstić information content (AvgIpc) is 2.83. The summed E-state index contributed by atoms with van der Waals surface area (Å²) in [6.07, 6.45) is 0.983. The first-order chi connectivity index (χ1) is 16.3. The average molecular weight is 476 g/mol. The molecule has 2 atom stereocenters. The van der Waals surface area contributed by atoms with Crippen molar-refractivity contribution in [2.45, 2.75) is 56.8 Å². The van der Waals surface area contributed by atoms with E-state index < -0.39 is 17.7 Å². The third kappa shape index (κ3) is 4.46. The molecule has 1 saturated carbocycles. The molecule has 1 saturated heterocycles. The Morgan fingerprint density at radius 1 is 0.971 bits per heavy atom. The molecule has 2 fully saturated rings. The highest BCUT2D eigenvalue weighted by Gasteiger charge is 2.43. The van der Waals surface area contributed by atoms with Gasteiger partial charge in [0.1, 0.15) is 5.82 Å². The van der Waals surface area contributed by atoms with Crippen molar-refractivity contribution in [1.82, 2.24) is 5.32 Å². The number of carbonyl (C=O) groups excluding carboxylic acids is 1. The third-order valence-corrected chi connectivity index (χ3v) is 7.52. The first-order valence-corrected chi connectivity index (χ1v) is 12.1. The van der Waals surface area contributed by atoms with E-state index in [0.717, 1.165) is 43.9 Å². The zero-order valence-electron chi connectivity index (χ0n) is 19.0. The van der Waals surface area contributed by atoms with Crippen LogP contribution in [0.2, 0.25) is 0 Å². The zero-order chi connectivity index (χ0) is 23.9. The number of piperazine rings is 1. The van der Waals surface area contributed by atoms with Gasteiger partial charge in [-0.15, -0.1) is 0 Å². The number of hydrogen-bond donors (Lipinski definition) is 1. The molecule has 34 heavy (non-hydrogen) atoms. The largest absolute Gasteiger partial charge is 0.416 e. The summed E-state index contributed by atoms with van der Waals surface area (Å²) in [5.74, 6) is -0.932. The molecule has 3 aliphatic rings. The van der Waals surface area contributed by atoms with Crippen LogP contribution in [0.1, 0.15) is 43.2 Å². The molecule has 4 nitrogen and oxygen atoms in total. The standard InChI is InChI=1S/C26H29F4N3O/c27-21-8-4-5-9-23(21)32-12-13-33-22-11-10-18(26(28,29)30)14-17(22)15-20(24(33)16-32)25(34)31-19-6-2-1-3-7-19/h4-5,8-11,14,19-20,24H,1-3,6-7,12-13,15-16H2,(H,31,34)/t20-,24+/m0/s1. The van der Waals surface area contributed by atoms with Gasteiger partial charge in [-0.3, -0.25) is 4.79 Å². The second kappa shape index (κ2) is 9.12. The number of carbonyl (C=O) groups is 1. The van der Waals surface area contributed by atoms with Gasteiger partial charge in [-0.05, 0) is 55.2 Å². The van der Waals surface area contributed by atoms with Crippen LogP contribution in [-0.4, -0.2) is 37.6 Å². The molecule has 1 aliphatic carbocycles. The van der Waals surface area contributed by atoms with Crippen molar-refractivity contribution in [3.05, 3.63) is 59.4 Å². The number of halogens is 4. The molecule has 2 aliphatic heterocycles. The molecule has 1 amide bonds. The molecule has 0 radical (unpaired) electrons. The molecular formula is C26H29F4N3O. The van der Waals surface area contributed by atoms with Gasteiger partial charge in [0.2, 0.25) is 5.91 Å². The molecule has 2 aromatic carbocycles. The lowest BCUT2D eigenvalue weighted by Gasteiger charge is -2.50. The van der Waals surface area contributed by atoms with Crippen molar-refractivity contribution in [3.8, 4) is 0 Å². The number of para-hydroxylation sites is 1. The molecule has 0 bridgehead atoms. The third-order valence-electron chi connectivity index (χ3n) is 7.52. The Hall–Kier alpha value is -2.77. The van der Waals surface area contributed by atoms with E-state index in [1.54, 1.807) is 18.2 Å². The number of nitrogens with one attached hydrogen (secondary N) is 1. The number of anilines is 2. The second-order valence-electron chi connectivity index (χ2n) is 9.65. The summed E-state index contributed by atoms with van der Waals surface area (Å²) in [7, 11) is 0. The molecular weight excluding hydrogens is 446 g/mol. The fourth-order valence-electron chi connectivity index (χ4n) is 5.78. The summed E-state index contributed by atoms with van der Waals surface area (Å²) in [6.45, 7) is 1.46. The maximum absolute atomic E-state index is 14.5. The Kier molecular flexibility index (Phi) is 6.16. The second-order valence-corrected chi connectivity index (χ2v) is 9.65. The van der Waals surface area contributed by atoms with E-state index >= 15 is 0 Å². The summed E-state index contributed by atoms with van der Waals surface area (Å²) in [6, 6.07) is 10.3. The summed E-state index contributed by atoms with van der Waals surface area (Å²) in [5, 5.41) is 3.18. The molecule has 2 heterocycles. The molecule has 1 N–H and O–H groups in total. The van der Waals surface area contributed by atoms with E-state index in [9.17, 15) is 22.4 Å². The Labute approximate surface area is 196 Å². The van der Waals surface area contributed by atoms with Crippen molar-refractivity contribution in [1.29, 1.82) is 0 Å². The van der Waals surface area contributed by atoms with E-state index in [0.29, 0.717) is 30.9 Å². The van der Waals surface area contributed by atoms with Crippen LogP contribution < -0.4 is 15.1 Å². The minimum atomic E-state index is -4.44. The van der Waals surface area contributed by atoms with Gasteiger partial charge in [-0.25, -0.2) is 4.39 Å². The van der Waals surface area contributed by atoms with Gasteiger partial charge < -0.3 is 15.1 Å².